The molecule has 2 heterocycles. The van der Waals surface area contributed by atoms with E-state index in [9.17, 15) is 4.79 Å². The molecule has 1 aliphatic heterocycles. The van der Waals surface area contributed by atoms with E-state index in [0.717, 1.165) is 37.4 Å². The van der Waals surface area contributed by atoms with Crippen LogP contribution in [0.2, 0.25) is 0 Å². The molecule has 0 radical (unpaired) electrons. The zero-order chi connectivity index (χ0) is 10.7. The minimum atomic E-state index is 0.183. The predicted octanol–water partition coefficient (Wildman–Crippen LogP) is 1.90. The van der Waals surface area contributed by atoms with Crippen LogP contribution in [0.4, 0.5) is 0 Å². The van der Waals surface area contributed by atoms with Crippen LogP contribution < -0.4 is 0 Å². The Morgan fingerprint density at radius 1 is 1.47 bits per heavy atom. The summed E-state index contributed by atoms with van der Waals surface area (Å²) in [5, 5.41) is 0. The second kappa shape index (κ2) is 4.60. The average molecular weight is 201 g/mol. The first-order valence-corrected chi connectivity index (χ1v) is 5.61. The molecule has 1 aromatic heterocycles. The first-order valence-electron chi connectivity index (χ1n) is 5.61. The third-order valence-corrected chi connectivity index (χ3v) is 3.09. The Balaban J connectivity index is 2.03. The summed E-state index contributed by atoms with van der Waals surface area (Å²) in [4.78, 5) is 14.0. The quantitative estimate of drug-likeness (QED) is 0.679. The molecule has 1 aromatic rings. The standard InChI is InChI=1S/C12H16BNO/c1-10-4-7-14(8-5-10)12(15)11-3-2-6-13-9-11/h2-3,6,9-10H,4-5,7-8H2,1H3. The zero-order valence-electron chi connectivity index (χ0n) is 9.15. The van der Waals surface area contributed by atoms with Crippen molar-refractivity contribution in [2.75, 3.05) is 13.1 Å². The van der Waals surface area contributed by atoms with Crippen LogP contribution in [0.15, 0.2) is 24.1 Å². The second-order valence-corrected chi connectivity index (χ2v) is 4.34. The van der Waals surface area contributed by atoms with Crippen molar-refractivity contribution in [1.82, 2.24) is 4.90 Å². The molecule has 0 unspecified atom stereocenters. The molecule has 2 nitrogen and oxygen atoms in total. The number of hydrogen-bond acceptors (Lipinski definition) is 1. The van der Waals surface area contributed by atoms with Gasteiger partial charge >= 0.3 is 90.9 Å². The third kappa shape index (κ3) is 2.47. The molecule has 15 heavy (non-hydrogen) atoms. The van der Waals surface area contributed by atoms with Crippen molar-refractivity contribution in [3.8, 4) is 0 Å². The second-order valence-electron chi connectivity index (χ2n) is 4.34. The molecule has 2 rings (SSSR count). The fourth-order valence-corrected chi connectivity index (χ4v) is 1.97. The first-order chi connectivity index (χ1) is 7.27. The summed E-state index contributed by atoms with van der Waals surface area (Å²) >= 11 is 0. The fraction of sp³-hybridized carbons (Fsp3) is 0.500. The van der Waals surface area contributed by atoms with Crippen LogP contribution in [-0.4, -0.2) is 30.8 Å². The number of rotatable bonds is 1. The van der Waals surface area contributed by atoms with Crippen molar-refractivity contribution in [3.63, 3.8) is 0 Å². The van der Waals surface area contributed by atoms with E-state index in [1.54, 1.807) is 0 Å². The van der Waals surface area contributed by atoms with Gasteiger partial charge in [-0.1, -0.05) is 0 Å². The molecule has 1 saturated heterocycles. The topological polar surface area (TPSA) is 20.3 Å². The summed E-state index contributed by atoms with van der Waals surface area (Å²) in [6.07, 6.45) is 2.27. The van der Waals surface area contributed by atoms with Gasteiger partial charge in [-0.3, -0.25) is 0 Å². The Morgan fingerprint density at radius 2 is 2.20 bits per heavy atom. The maximum atomic E-state index is 12.0. The Labute approximate surface area is 91.5 Å². The van der Waals surface area contributed by atoms with E-state index in [1.165, 1.54) is 0 Å². The SMILES string of the molecule is CC1CCN(C(=O)c2cbccc2)CC1. The Bertz CT molecular complexity index is 331. The molecule has 0 spiro atoms. The van der Waals surface area contributed by atoms with Crippen molar-refractivity contribution in [2.24, 2.45) is 5.92 Å². The van der Waals surface area contributed by atoms with Crippen LogP contribution in [0.3, 0.4) is 0 Å². The predicted molar refractivity (Wildman–Crippen MR) is 62.1 cm³/mol. The van der Waals surface area contributed by atoms with Gasteiger partial charge in [0.15, 0.2) is 0 Å². The van der Waals surface area contributed by atoms with Crippen LogP contribution in [0.1, 0.15) is 30.1 Å². The molecule has 1 amide bonds. The van der Waals surface area contributed by atoms with E-state index in [-0.39, 0.29) is 5.91 Å². The van der Waals surface area contributed by atoms with Crippen molar-refractivity contribution >= 4 is 12.8 Å². The minimum absolute atomic E-state index is 0.183. The van der Waals surface area contributed by atoms with Crippen LogP contribution in [-0.2, 0) is 0 Å². The number of amides is 1. The molecule has 0 atom stereocenters. The number of likely N-dealkylation sites (tertiary alicyclic amines) is 1. The molecule has 0 saturated carbocycles. The summed E-state index contributed by atoms with van der Waals surface area (Å²) in [7, 11) is 0. The summed E-state index contributed by atoms with van der Waals surface area (Å²) in [5.74, 6) is 4.78. The number of piperidine rings is 1. The van der Waals surface area contributed by atoms with Gasteiger partial charge in [0.05, 0.1) is 0 Å². The Hall–Kier alpha value is -1.12. The summed E-state index contributed by atoms with van der Waals surface area (Å²) in [6, 6.07) is 3.81. The molecule has 0 aromatic carbocycles. The van der Waals surface area contributed by atoms with Gasteiger partial charge in [-0.05, 0) is 0 Å². The number of nitrogens with zero attached hydrogens (tertiary/aromatic N) is 1. The molecular weight excluding hydrogens is 185 g/mol. The van der Waals surface area contributed by atoms with Crippen molar-refractivity contribution in [1.29, 1.82) is 0 Å². The van der Waals surface area contributed by atoms with E-state index >= 15 is 0 Å². The average Bonchev–Trinajstić information content (AvgIpc) is 2.30. The van der Waals surface area contributed by atoms with Crippen molar-refractivity contribution in [2.45, 2.75) is 19.8 Å². The van der Waals surface area contributed by atoms with Gasteiger partial charge in [0.1, 0.15) is 0 Å². The van der Waals surface area contributed by atoms with Gasteiger partial charge in [-0.15, -0.1) is 0 Å². The van der Waals surface area contributed by atoms with Gasteiger partial charge in [-0.25, -0.2) is 0 Å². The molecule has 1 fully saturated rings. The Morgan fingerprint density at radius 3 is 2.80 bits per heavy atom. The van der Waals surface area contributed by atoms with Crippen LogP contribution in [0.5, 0.6) is 0 Å². The first kappa shape index (κ1) is 10.4. The van der Waals surface area contributed by atoms with Crippen LogP contribution in [0.25, 0.3) is 0 Å². The molecule has 0 bridgehead atoms. The molecule has 78 valence electrons. The van der Waals surface area contributed by atoms with E-state index in [0.29, 0.717) is 0 Å². The van der Waals surface area contributed by atoms with Crippen LogP contribution >= 0.6 is 0 Å². The van der Waals surface area contributed by atoms with Gasteiger partial charge in [0.25, 0.3) is 0 Å². The van der Waals surface area contributed by atoms with E-state index in [4.69, 9.17) is 0 Å². The number of carbonyl (C=O) groups excluding carboxylic acids is 1. The van der Waals surface area contributed by atoms with Gasteiger partial charge < -0.3 is 0 Å². The van der Waals surface area contributed by atoms with E-state index in [1.807, 2.05) is 35.9 Å². The molecular formula is C12H16BNO. The summed E-state index contributed by atoms with van der Waals surface area (Å²) in [6.45, 7) is 5.99. The monoisotopic (exact) mass is 201 g/mol. The van der Waals surface area contributed by atoms with Gasteiger partial charge in [0.2, 0.25) is 0 Å². The molecule has 1 aliphatic rings. The van der Waals surface area contributed by atoms with Crippen molar-refractivity contribution < 1.29 is 4.79 Å². The maximum absolute atomic E-state index is 12.0. The van der Waals surface area contributed by atoms with Crippen LogP contribution in [0, 0.1) is 5.92 Å². The summed E-state index contributed by atoms with van der Waals surface area (Å²) in [5.41, 5.74) is 0.812. The molecule has 0 aliphatic carbocycles. The number of carbonyl (C=O) groups is 1. The van der Waals surface area contributed by atoms with Crippen molar-refractivity contribution in [3.05, 3.63) is 29.6 Å². The van der Waals surface area contributed by atoms with Gasteiger partial charge in [0, 0.05) is 0 Å². The fourth-order valence-electron chi connectivity index (χ4n) is 1.97. The zero-order valence-corrected chi connectivity index (χ0v) is 9.15. The van der Waals surface area contributed by atoms with Gasteiger partial charge in [-0.2, -0.15) is 0 Å². The molecule has 3 heteroatoms. The van der Waals surface area contributed by atoms with E-state index < -0.39 is 0 Å². The summed E-state index contributed by atoms with van der Waals surface area (Å²) < 4.78 is 0. The molecule has 0 N–H and O–H groups in total. The van der Waals surface area contributed by atoms with E-state index in [2.05, 4.69) is 6.92 Å². The normalized spacial score (nSPS) is 17.5. The number of hydrogen-bond donors (Lipinski definition) is 0. The third-order valence-electron chi connectivity index (χ3n) is 3.09. The Kier molecular flexibility index (Phi) is 3.19.